The number of halogens is 4. The smallest absolute Gasteiger partial charge is 0.349 e. The van der Waals surface area contributed by atoms with Crippen LogP contribution in [-0.4, -0.2) is 27.9 Å². The molecule has 2 aromatic rings. The molecule has 0 saturated heterocycles. The van der Waals surface area contributed by atoms with E-state index in [0.717, 1.165) is 11.4 Å². The van der Waals surface area contributed by atoms with Gasteiger partial charge in [-0.1, -0.05) is 24.4 Å². The molecule has 1 heterocycles. The summed E-state index contributed by atoms with van der Waals surface area (Å²) in [6, 6.07) is 5.70. The molecule has 3 rings (SSSR count). The van der Waals surface area contributed by atoms with E-state index in [0.29, 0.717) is 35.5 Å². The van der Waals surface area contributed by atoms with Gasteiger partial charge in [0.15, 0.2) is 0 Å². The highest BCUT2D eigenvalue weighted by molar-refractivity contribution is 6.31. The Morgan fingerprint density at radius 2 is 1.81 bits per heavy atom. The molecule has 1 saturated carbocycles. The predicted molar refractivity (Wildman–Crippen MR) is 97.3 cm³/mol. The average Bonchev–Trinajstić information content (AvgIpc) is 2.89. The number of rotatable bonds is 3. The largest absolute Gasteiger partial charge is 0.393 e. The second-order valence-corrected chi connectivity index (χ2v) is 7.33. The van der Waals surface area contributed by atoms with Crippen molar-refractivity contribution in [1.82, 2.24) is 15.1 Å². The summed E-state index contributed by atoms with van der Waals surface area (Å²) in [6.07, 6.45) is -2.66. The highest BCUT2D eigenvalue weighted by atomic mass is 35.5. The molecule has 146 valence electrons. The Morgan fingerprint density at radius 3 is 2.37 bits per heavy atom. The maximum absolute atomic E-state index is 13.2. The van der Waals surface area contributed by atoms with E-state index < -0.39 is 24.0 Å². The Kier molecular flexibility index (Phi) is 5.51. The van der Waals surface area contributed by atoms with Gasteiger partial charge in [0.25, 0.3) is 5.91 Å². The molecule has 0 bridgehead atoms. The molecular formula is C19H21ClF3N3O. The molecule has 1 aromatic heterocycles. The highest BCUT2D eigenvalue weighted by Gasteiger charge is 2.45. The standard InChI is InChI=1S/C19H21ClF3N3O/c1-11-17(20)12(2)26(25-11)14-9-7-13(8-10-14)18(27)24-16-6-4-3-5-15(16)19(21,22)23/h7-10,15-16H,3-6H2,1-2H3,(H,24,27). The van der Waals surface area contributed by atoms with Crippen LogP contribution in [0, 0.1) is 19.8 Å². The quantitative estimate of drug-likeness (QED) is 0.790. The third kappa shape index (κ3) is 4.13. The molecule has 1 N–H and O–H groups in total. The van der Waals surface area contributed by atoms with Crippen LogP contribution in [0.4, 0.5) is 13.2 Å². The van der Waals surface area contributed by atoms with Gasteiger partial charge in [-0.2, -0.15) is 18.3 Å². The number of aromatic nitrogens is 2. The summed E-state index contributed by atoms with van der Waals surface area (Å²) in [5, 5.41) is 7.49. The van der Waals surface area contributed by atoms with Crippen LogP contribution in [0.1, 0.15) is 47.4 Å². The van der Waals surface area contributed by atoms with Crippen molar-refractivity contribution in [3.05, 3.63) is 46.2 Å². The Morgan fingerprint density at radius 1 is 1.19 bits per heavy atom. The maximum Gasteiger partial charge on any atom is 0.393 e. The van der Waals surface area contributed by atoms with Gasteiger partial charge in [-0.15, -0.1) is 0 Å². The Bertz CT molecular complexity index is 830. The predicted octanol–water partition coefficient (Wildman–Crippen LogP) is 4.99. The van der Waals surface area contributed by atoms with Gasteiger partial charge in [0.1, 0.15) is 0 Å². The van der Waals surface area contributed by atoms with Crippen LogP contribution in [0.2, 0.25) is 5.02 Å². The average molecular weight is 400 g/mol. The van der Waals surface area contributed by atoms with Crippen molar-refractivity contribution >= 4 is 17.5 Å². The van der Waals surface area contributed by atoms with E-state index in [1.807, 2.05) is 6.92 Å². The molecule has 1 aliphatic rings. The van der Waals surface area contributed by atoms with E-state index >= 15 is 0 Å². The van der Waals surface area contributed by atoms with Crippen molar-refractivity contribution in [2.45, 2.75) is 51.7 Å². The Labute approximate surface area is 160 Å². The van der Waals surface area contributed by atoms with Gasteiger partial charge in [0.05, 0.1) is 28.0 Å². The van der Waals surface area contributed by atoms with E-state index in [4.69, 9.17) is 11.6 Å². The fourth-order valence-corrected chi connectivity index (χ4v) is 3.69. The number of aryl methyl sites for hydroxylation is 1. The number of hydrogen-bond donors (Lipinski definition) is 1. The fourth-order valence-electron chi connectivity index (χ4n) is 3.58. The zero-order valence-electron chi connectivity index (χ0n) is 15.1. The summed E-state index contributed by atoms with van der Waals surface area (Å²) in [4.78, 5) is 12.4. The molecule has 1 amide bonds. The SMILES string of the molecule is Cc1nn(-c2ccc(C(=O)NC3CCCCC3C(F)(F)F)cc2)c(C)c1Cl. The highest BCUT2D eigenvalue weighted by Crippen LogP contribution is 2.37. The molecule has 1 fully saturated rings. The van der Waals surface area contributed by atoms with Crippen LogP contribution in [0.5, 0.6) is 0 Å². The van der Waals surface area contributed by atoms with E-state index in [1.165, 1.54) is 0 Å². The number of nitrogens with one attached hydrogen (secondary N) is 1. The van der Waals surface area contributed by atoms with Crippen LogP contribution in [-0.2, 0) is 0 Å². The van der Waals surface area contributed by atoms with Gasteiger partial charge in [-0.3, -0.25) is 4.79 Å². The van der Waals surface area contributed by atoms with Crippen LogP contribution < -0.4 is 5.32 Å². The number of carbonyl (C=O) groups excluding carboxylic acids is 1. The van der Waals surface area contributed by atoms with Crippen LogP contribution in [0.3, 0.4) is 0 Å². The summed E-state index contributed by atoms with van der Waals surface area (Å²) < 4.78 is 41.2. The molecule has 2 unspecified atom stereocenters. The van der Waals surface area contributed by atoms with Crippen LogP contribution in [0.15, 0.2) is 24.3 Å². The zero-order valence-corrected chi connectivity index (χ0v) is 15.9. The van der Waals surface area contributed by atoms with Gasteiger partial charge in [-0.25, -0.2) is 4.68 Å². The number of alkyl halides is 3. The van der Waals surface area contributed by atoms with Crippen LogP contribution in [0.25, 0.3) is 5.69 Å². The second kappa shape index (κ2) is 7.54. The fraction of sp³-hybridized carbons (Fsp3) is 0.474. The molecule has 4 nitrogen and oxygen atoms in total. The molecule has 27 heavy (non-hydrogen) atoms. The molecule has 1 aromatic carbocycles. The van der Waals surface area contributed by atoms with Gasteiger partial charge < -0.3 is 5.32 Å². The Balaban J connectivity index is 1.75. The van der Waals surface area contributed by atoms with Crippen molar-refractivity contribution in [1.29, 1.82) is 0 Å². The maximum atomic E-state index is 13.2. The first-order valence-electron chi connectivity index (χ1n) is 8.88. The third-order valence-corrected chi connectivity index (χ3v) is 5.63. The van der Waals surface area contributed by atoms with E-state index in [9.17, 15) is 18.0 Å². The molecule has 0 radical (unpaired) electrons. The number of benzene rings is 1. The first-order valence-corrected chi connectivity index (χ1v) is 9.26. The second-order valence-electron chi connectivity index (χ2n) is 6.96. The molecule has 0 aliphatic heterocycles. The van der Waals surface area contributed by atoms with Gasteiger partial charge in [0, 0.05) is 11.6 Å². The van der Waals surface area contributed by atoms with Gasteiger partial charge in [-0.05, 0) is 51.0 Å². The lowest BCUT2D eigenvalue weighted by Gasteiger charge is -2.33. The summed E-state index contributed by atoms with van der Waals surface area (Å²) in [7, 11) is 0. The lowest BCUT2D eigenvalue weighted by atomic mass is 9.84. The van der Waals surface area contributed by atoms with Crippen molar-refractivity contribution in [2.75, 3.05) is 0 Å². The molecule has 0 spiro atoms. The lowest BCUT2D eigenvalue weighted by Crippen LogP contribution is -2.47. The third-order valence-electron chi connectivity index (χ3n) is 5.08. The number of hydrogen-bond acceptors (Lipinski definition) is 2. The van der Waals surface area contributed by atoms with E-state index in [2.05, 4.69) is 10.4 Å². The monoisotopic (exact) mass is 399 g/mol. The van der Waals surface area contributed by atoms with E-state index in [-0.39, 0.29) is 6.42 Å². The van der Waals surface area contributed by atoms with Crippen LogP contribution >= 0.6 is 11.6 Å². The lowest BCUT2D eigenvalue weighted by molar-refractivity contribution is -0.187. The Hall–Kier alpha value is -2.02. The summed E-state index contributed by atoms with van der Waals surface area (Å²) >= 11 is 6.15. The van der Waals surface area contributed by atoms with E-state index in [1.54, 1.807) is 35.9 Å². The van der Waals surface area contributed by atoms with Crippen molar-refractivity contribution in [3.63, 3.8) is 0 Å². The molecule has 2 atom stereocenters. The number of nitrogens with zero attached hydrogens (tertiary/aromatic N) is 2. The summed E-state index contributed by atoms with van der Waals surface area (Å²) in [6.45, 7) is 3.64. The molecule has 1 aliphatic carbocycles. The minimum atomic E-state index is -4.29. The zero-order chi connectivity index (χ0) is 19.8. The molecular weight excluding hydrogens is 379 g/mol. The van der Waals surface area contributed by atoms with Gasteiger partial charge >= 0.3 is 6.18 Å². The first kappa shape index (κ1) is 19.7. The van der Waals surface area contributed by atoms with Crippen molar-refractivity contribution < 1.29 is 18.0 Å². The summed E-state index contributed by atoms with van der Waals surface area (Å²) in [5.41, 5.74) is 2.52. The van der Waals surface area contributed by atoms with Crippen molar-refractivity contribution in [2.24, 2.45) is 5.92 Å². The topological polar surface area (TPSA) is 46.9 Å². The molecule has 8 heteroatoms. The van der Waals surface area contributed by atoms with Crippen molar-refractivity contribution in [3.8, 4) is 5.69 Å². The number of carbonyl (C=O) groups is 1. The van der Waals surface area contributed by atoms with Gasteiger partial charge in [0.2, 0.25) is 0 Å². The minimum Gasteiger partial charge on any atom is -0.349 e. The minimum absolute atomic E-state index is 0.0616. The summed E-state index contributed by atoms with van der Waals surface area (Å²) in [5.74, 6) is -1.97. The first-order chi connectivity index (χ1) is 12.7. The normalized spacial score (nSPS) is 20.5. The number of amides is 1.